The molecule has 1 unspecified atom stereocenters. The number of hydrogen-bond donors (Lipinski definition) is 3. The lowest BCUT2D eigenvalue weighted by Gasteiger charge is -2.10. The van der Waals surface area contributed by atoms with Gasteiger partial charge in [0.05, 0.1) is 31.6 Å². The van der Waals surface area contributed by atoms with E-state index < -0.39 is 6.10 Å². The van der Waals surface area contributed by atoms with Gasteiger partial charge in [-0.3, -0.25) is 0 Å². The fraction of sp³-hybridized carbons (Fsp3) is 0.429. The van der Waals surface area contributed by atoms with E-state index in [0.717, 1.165) is 12.1 Å². The Morgan fingerprint density at radius 1 is 1.10 bits per heavy atom. The maximum absolute atomic E-state index is 9.50. The zero-order valence-corrected chi connectivity index (χ0v) is 11.2. The molecule has 3 N–H and O–H groups in total. The molecule has 1 heterocycles. The minimum absolute atomic E-state index is 0.174. The Balaban J connectivity index is 2.10. The molecule has 20 heavy (non-hydrogen) atoms. The van der Waals surface area contributed by atoms with E-state index in [0.29, 0.717) is 12.1 Å². The summed E-state index contributed by atoms with van der Waals surface area (Å²) < 4.78 is 1.55. The van der Waals surface area contributed by atoms with Crippen molar-refractivity contribution in [2.75, 3.05) is 6.61 Å². The summed E-state index contributed by atoms with van der Waals surface area (Å²) in [6.07, 6.45) is 0.598. The molecule has 0 fully saturated rings. The van der Waals surface area contributed by atoms with Crippen molar-refractivity contribution in [2.45, 2.75) is 32.1 Å². The Hall–Kier alpha value is -1.76. The molecule has 108 valence electrons. The van der Waals surface area contributed by atoms with E-state index in [4.69, 9.17) is 5.11 Å². The van der Waals surface area contributed by atoms with E-state index in [1.165, 1.54) is 5.56 Å². The minimum atomic E-state index is -0.876. The maximum atomic E-state index is 9.50. The van der Waals surface area contributed by atoms with Crippen LogP contribution in [0.15, 0.2) is 30.3 Å². The SMILES string of the molecule is OCc1nnn(CC(O)CO)c1CCc1ccccc1. The van der Waals surface area contributed by atoms with Gasteiger partial charge in [-0.05, 0) is 18.4 Å². The van der Waals surface area contributed by atoms with Crippen LogP contribution in [0.25, 0.3) is 0 Å². The molecule has 2 rings (SSSR count). The molecule has 0 saturated heterocycles. The molecule has 6 heteroatoms. The quantitative estimate of drug-likeness (QED) is 0.658. The lowest BCUT2D eigenvalue weighted by Crippen LogP contribution is -2.22. The summed E-state index contributed by atoms with van der Waals surface area (Å²) in [5.41, 5.74) is 2.50. The van der Waals surface area contributed by atoms with Crippen LogP contribution in [0.4, 0.5) is 0 Å². The normalized spacial score (nSPS) is 12.6. The Morgan fingerprint density at radius 3 is 2.50 bits per heavy atom. The van der Waals surface area contributed by atoms with Gasteiger partial charge in [0.1, 0.15) is 5.69 Å². The van der Waals surface area contributed by atoms with Gasteiger partial charge in [0.15, 0.2) is 0 Å². The number of aliphatic hydroxyl groups is 3. The average molecular weight is 277 g/mol. The van der Waals surface area contributed by atoms with Crippen molar-refractivity contribution in [3.63, 3.8) is 0 Å². The first-order valence-corrected chi connectivity index (χ1v) is 6.59. The van der Waals surface area contributed by atoms with E-state index in [9.17, 15) is 10.2 Å². The van der Waals surface area contributed by atoms with Crippen molar-refractivity contribution in [3.05, 3.63) is 47.3 Å². The van der Waals surface area contributed by atoms with Crippen LogP contribution in [0.5, 0.6) is 0 Å². The lowest BCUT2D eigenvalue weighted by atomic mass is 10.1. The third-order valence-corrected chi connectivity index (χ3v) is 3.16. The highest BCUT2D eigenvalue weighted by Gasteiger charge is 2.14. The van der Waals surface area contributed by atoms with Crippen LogP contribution < -0.4 is 0 Å². The molecule has 0 saturated carbocycles. The number of hydrogen-bond acceptors (Lipinski definition) is 5. The first-order valence-electron chi connectivity index (χ1n) is 6.59. The molecular weight excluding hydrogens is 258 g/mol. The Bertz CT molecular complexity index is 528. The second kappa shape index (κ2) is 7.14. The molecule has 1 atom stereocenters. The standard InChI is InChI=1S/C14H19N3O3/c18-9-12(20)8-17-14(13(10-19)15-16-17)7-6-11-4-2-1-3-5-11/h1-5,12,18-20H,6-10H2. The van der Waals surface area contributed by atoms with Gasteiger partial charge in [-0.25, -0.2) is 4.68 Å². The fourth-order valence-corrected chi connectivity index (χ4v) is 2.08. The Labute approximate surface area is 117 Å². The first kappa shape index (κ1) is 14.6. The van der Waals surface area contributed by atoms with Gasteiger partial charge < -0.3 is 15.3 Å². The molecule has 0 aliphatic carbocycles. The van der Waals surface area contributed by atoms with Crippen molar-refractivity contribution in [3.8, 4) is 0 Å². The molecule has 6 nitrogen and oxygen atoms in total. The van der Waals surface area contributed by atoms with Crippen LogP contribution in [-0.4, -0.2) is 43.0 Å². The highest BCUT2D eigenvalue weighted by molar-refractivity contribution is 5.18. The fourth-order valence-electron chi connectivity index (χ4n) is 2.08. The topological polar surface area (TPSA) is 91.4 Å². The van der Waals surface area contributed by atoms with E-state index >= 15 is 0 Å². The third-order valence-electron chi connectivity index (χ3n) is 3.16. The van der Waals surface area contributed by atoms with Gasteiger partial charge in [-0.1, -0.05) is 35.5 Å². The molecular formula is C14H19N3O3. The predicted octanol–water partition coefficient (Wildman–Crippen LogP) is -0.0912. The van der Waals surface area contributed by atoms with E-state index in [1.54, 1.807) is 4.68 Å². The van der Waals surface area contributed by atoms with E-state index in [1.807, 2.05) is 30.3 Å². The summed E-state index contributed by atoms with van der Waals surface area (Å²) in [7, 11) is 0. The van der Waals surface area contributed by atoms with Gasteiger partial charge in [-0.15, -0.1) is 5.10 Å². The average Bonchev–Trinajstić information content (AvgIpc) is 2.88. The Morgan fingerprint density at radius 2 is 1.85 bits per heavy atom. The number of aliphatic hydroxyl groups excluding tert-OH is 3. The zero-order valence-electron chi connectivity index (χ0n) is 11.2. The van der Waals surface area contributed by atoms with Gasteiger partial charge in [-0.2, -0.15) is 0 Å². The second-order valence-electron chi connectivity index (χ2n) is 4.65. The zero-order chi connectivity index (χ0) is 14.4. The maximum Gasteiger partial charge on any atom is 0.111 e. The molecule has 0 aliphatic rings. The summed E-state index contributed by atoms with van der Waals surface area (Å²) in [6, 6.07) is 10.00. The van der Waals surface area contributed by atoms with Crippen molar-refractivity contribution in [2.24, 2.45) is 0 Å². The largest absolute Gasteiger partial charge is 0.394 e. The number of aryl methyl sites for hydroxylation is 1. The van der Waals surface area contributed by atoms with Crippen LogP contribution in [0.2, 0.25) is 0 Å². The van der Waals surface area contributed by atoms with Crippen molar-refractivity contribution in [1.29, 1.82) is 0 Å². The first-order chi connectivity index (χ1) is 9.74. The summed E-state index contributed by atoms with van der Waals surface area (Å²) >= 11 is 0. The van der Waals surface area contributed by atoms with Gasteiger partial charge in [0, 0.05) is 0 Å². The summed E-state index contributed by atoms with van der Waals surface area (Å²) in [4.78, 5) is 0. The molecule has 1 aromatic heterocycles. The van der Waals surface area contributed by atoms with E-state index in [-0.39, 0.29) is 19.8 Å². The van der Waals surface area contributed by atoms with Crippen LogP contribution in [-0.2, 0) is 26.0 Å². The summed E-state index contributed by atoms with van der Waals surface area (Å²) in [6.45, 7) is -0.334. The van der Waals surface area contributed by atoms with Crippen molar-refractivity contribution >= 4 is 0 Å². The van der Waals surface area contributed by atoms with Gasteiger partial charge in [0.2, 0.25) is 0 Å². The number of rotatable bonds is 7. The monoisotopic (exact) mass is 277 g/mol. The molecule has 0 spiro atoms. The van der Waals surface area contributed by atoms with Crippen LogP contribution in [0.1, 0.15) is 17.0 Å². The van der Waals surface area contributed by atoms with Gasteiger partial charge >= 0.3 is 0 Å². The molecule has 0 bridgehead atoms. The molecule has 0 radical (unpaired) electrons. The van der Waals surface area contributed by atoms with Crippen LogP contribution >= 0.6 is 0 Å². The lowest BCUT2D eigenvalue weighted by molar-refractivity contribution is 0.0770. The molecule has 1 aromatic carbocycles. The van der Waals surface area contributed by atoms with E-state index in [2.05, 4.69) is 10.3 Å². The second-order valence-corrected chi connectivity index (χ2v) is 4.65. The molecule has 0 amide bonds. The van der Waals surface area contributed by atoms with Crippen molar-refractivity contribution < 1.29 is 15.3 Å². The number of benzene rings is 1. The number of nitrogens with zero attached hydrogens (tertiary/aromatic N) is 3. The van der Waals surface area contributed by atoms with Gasteiger partial charge in [0.25, 0.3) is 0 Å². The number of aromatic nitrogens is 3. The highest BCUT2D eigenvalue weighted by Crippen LogP contribution is 2.11. The van der Waals surface area contributed by atoms with Crippen molar-refractivity contribution in [1.82, 2.24) is 15.0 Å². The molecule has 2 aromatic rings. The predicted molar refractivity (Wildman–Crippen MR) is 72.9 cm³/mol. The highest BCUT2D eigenvalue weighted by atomic mass is 16.3. The summed E-state index contributed by atoms with van der Waals surface area (Å²) in [5.74, 6) is 0. The third kappa shape index (κ3) is 3.63. The molecule has 0 aliphatic heterocycles. The smallest absolute Gasteiger partial charge is 0.111 e. The summed E-state index contributed by atoms with van der Waals surface area (Å²) in [5, 5.41) is 35.5. The van der Waals surface area contributed by atoms with Crippen LogP contribution in [0.3, 0.4) is 0 Å². The van der Waals surface area contributed by atoms with Crippen LogP contribution in [0, 0.1) is 0 Å². The Kier molecular flexibility index (Phi) is 5.23. The minimum Gasteiger partial charge on any atom is -0.394 e.